The first-order chi connectivity index (χ1) is 14.6. The summed E-state index contributed by atoms with van der Waals surface area (Å²) >= 11 is 4.99. The van der Waals surface area contributed by atoms with E-state index in [9.17, 15) is 14.7 Å². The number of thiophene rings is 1. The van der Waals surface area contributed by atoms with Crippen molar-refractivity contribution in [2.45, 2.75) is 45.7 Å². The van der Waals surface area contributed by atoms with Crippen LogP contribution >= 0.6 is 27.3 Å². The number of carboxylic acid groups (broad SMARTS) is 1. The van der Waals surface area contributed by atoms with E-state index in [4.69, 9.17) is 0 Å². The van der Waals surface area contributed by atoms with Crippen molar-refractivity contribution in [2.75, 3.05) is 6.54 Å². The van der Waals surface area contributed by atoms with Crippen LogP contribution in [0.5, 0.6) is 0 Å². The van der Waals surface area contributed by atoms with Gasteiger partial charge in [0.1, 0.15) is 0 Å². The number of aromatic nitrogens is 3. The molecule has 0 aliphatic carbocycles. The summed E-state index contributed by atoms with van der Waals surface area (Å²) in [7, 11) is 0. The van der Waals surface area contributed by atoms with Crippen LogP contribution < -0.4 is 5.32 Å². The average Bonchev–Trinajstić information content (AvgIpc) is 3.32. The molecule has 31 heavy (non-hydrogen) atoms. The molecule has 0 saturated carbocycles. The van der Waals surface area contributed by atoms with Gasteiger partial charge in [0.25, 0.3) is 5.91 Å². The number of H-pyrrole nitrogens is 1. The molecule has 164 valence electrons. The number of rotatable bonds is 3. The Morgan fingerprint density at radius 2 is 2.10 bits per heavy atom. The molecule has 3 aromatic heterocycles. The fraction of sp³-hybridized carbons (Fsp3) is 0.429. The second-order valence-corrected chi connectivity index (χ2v) is 11.2. The van der Waals surface area contributed by atoms with E-state index in [-0.39, 0.29) is 23.4 Å². The Morgan fingerprint density at radius 3 is 2.74 bits per heavy atom. The summed E-state index contributed by atoms with van der Waals surface area (Å²) in [5.41, 5.74) is 1.16. The Balaban J connectivity index is 1.64. The fourth-order valence-electron chi connectivity index (χ4n) is 4.34. The Morgan fingerprint density at radius 1 is 1.32 bits per heavy atom. The van der Waals surface area contributed by atoms with Gasteiger partial charge in [0.15, 0.2) is 11.5 Å². The first kappa shape index (κ1) is 21.8. The number of aromatic amines is 1. The lowest BCUT2D eigenvalue weighted by atomic mass is 9.77. The average molecular weight is 506 g/mol. The van der Waals surface area contributed by atoms with Gasteiger partial charge in [-0.25, -0.2) is 14.8 Å². The number of fused-ring (bicyclic) bond motifs is 1. The number of likely N-dealkylation sites (tertiary alicyclic amines) is 1. The van der Waals surface area contributed by atoms with Gasteiger partial charge < -0.3 is 20.3 Å². The van der Waals surface area contributed by atoms with Crippen LogP contribution in [0.1, 0.15) is 44.0 Å². The first-order valence-corrected chi connectivity index (χ1v) is 11.7. The third kappa shape index (κ3) is 4.31. The zero-order chi connectivity index (χ0) is 22.3. The number of carbonyl (C=O) groups excluding carboxylic acids is 1. The third-order valence-electron chi connectivity index (χ3n) is 5.52. The van der Waals surface area contributed by atoms with Crippen molar-refractivity contribution < 1.29 is 14.7 Å². The summed E-state index contributed by atoms with van der Waals surface area (Å²) in [6.45, 7) is 6.48. The van der Waals surface area contributed by atoms with Crippen molar-refractivity contribution >= 4 is 50.4 Å². The van der Waals surface area contributed by atoms with Gasteiger partial charge in [-0.1, -0.05) is 20.8 Å². The molecule has 8 nitrogen and oxygen atoms in total. The smallest absolute Gasteiger partial charge is 0.407 e. The molecule has 1 aliphatic heterocycles. The highest BCUT2D eigenvalue weighted by Gasteiger charge is 2.42. The van der Waals surface area contributed by atoms with E-state index in [1.807, 2.05) is 32.9 Å². The number of pyridine rings is 1. The van der Waals surface area contributed by atoms with Crippen LogP contribution in [0.3, 0.4) is 0 Å². The van der Waals surface area contributed by atoms with E-state index >= 15 is 0 Å². The van der Waals surface area contributed by atoms with Gasteiger partial charge in [0.05, 0.1) is 31.8 Å². The molecule has 0 radical (unpaired) electrons. The van der Waals surface area contributed by atoms with Crippen LogP contribution in [0, 0.1) is 5.41 Å². The molecule has 2 atom stereocenters. The first-order valence-electron chi connectivity index (χ1n) is 10.1. The number of nitrogens with zero attached hydrogens (tertiary/aromatic N) is 3. The molecule has 0 spiro atoms. The minimum Gasteiger partial charge on any atom is -0.465 e. The quantitative estimate of drug-likeness (QED) is 0.476. The highest BCUT2D eigenvalue weighted by atomic mass is 79.9. The summed E-state index contributed by atoms with van der Waals surface area (Å²) in [4.78, 5) is 39.5. The van der Waals surface area contributed by atoms with Crippen LogP contribution in [-0.2, 0) is 0 Å². The Hall–Kier alpha value is -2.46. The van der Waals surface area contributed by atoms with E-state index in [1.165, 1.54) is 16.2 Å². The van der Waals surface area contributed by atoms with E-state index < -0.39 is 6.09 Å². The second-order valence-electron chi connectivity index (χ2n) is 8.76. The molecule has 10 heteroatoms. The summed E-state index contributed by atoms with van der Waals surface area (Å²) < 4.78 is 0.988. The van der Waals surface area contributed by atoms with Crippen molar-refractivity contribution in [1.29, 1.82) is 0 Å². The molecule has 1 unspecified atom stereocenters. The number of hydrogen-bond donors (Lipinski definition) is 3. The standard InChI is InChI=1S/C21H24BrN5O3S/c1-21(2,3)16-12(5-4-10-27(16)20(29)30)24-19(28)11-8-9-23-18-15(11)25-17(26-18)13-6-7-14(22)31-13/h6-9,12,16H,4-5,10H2,1-3H3,(H,24,28)(H,29,30)(H,23,25,26)/t12?,16-/m1/s1. The number of carbonyl (C=O) groups is 2. The molecule has 1 aliphatic rings. The molecule has 0 bridgehead atoms. The predicted molar refractivity (Wildman–Crippen MR) is 123 cm³/mol. The number of nitrogens with one attached hydrogen (secondary N) is 2. The monoisotopic (exact) mass is 505 g/mol. The topological polar surface area (TPSA) is 111 Å². The molecule has 1 saturated heterocycles. The van der Waals surface area contributed by atoms with Crippen LogP contribution in [0.4, 0.5) is 4.79 Å². The second kappa shape index (κ2) is 8.23. The number of hydrogen-bond acceptors (Lipinski definition) is 5. The van der Waals surface area contributed by atoms with Gasteiger partial charge in [-0.15, -0.1) is 11.3 Å². The van der Waals surface area contributed by atoms with Crippen LogP contribution in [0.25, 0.3) is 21.9 Å². The normalized spacial score (nSPS) is 19.5. The Kier molecular flexibility index (Phi) is 5.78. The molecule has 1 fully saturated rings. The molecule has 4 heterocycles. The zero-order valence-corrected chi connectivity index (χ0v) is 19.9. The van der Waals surface area contributed by atoms with Crippen LogP contribution in [-0.4, -0.2) is 55.6 Å². The van der Waals surface area contributed by atoms with Gasteiger partial charge >= 0.3 is 6.09 Å². The molecular weight excluding hydrogens is 482 g/mol. The van der Waals surface area contributed by atoms with Gasteiger partial charge in [-0.3, -0.25) is 4.79 Å². The predicted octanol–water partition coefficient (Wildman–Crippen LogP) is 4.74. The summed E-state index contributed by atoms with van der Waals surface area (Å²) in [6.07, 6.45) is 2.04. The van der Waals surface area contributed by atoms with E-state index in [2.05, 4.69) is 36.2 Å². The van der Waals surface area contributed by atoms with Gasteiger partial charge in [-0.2, -0.15) is 0 Å². The van der Waals surface area contributed by atoms with E-state index in [1.54, 1.807) is 12.3 Å². The maximum Gasteiger partial charge on any atom is 0.407 e. The zero-order valence-electron chi connectivity index (χ0n) is 17.5. The van der Waals surface area contributed by atoms with Crippen molar-refractivity contribution in [3.63, 3.8) is 0 Å². The summed E-state index contributed by atoms with van der Waals surface area (Å²) in [5.74, 6) is 0.391. The number of piperidine rings is 1. The molecule has 0 aromatic carbocycles. The maximum atomic E-state index is 13.3. The Labute approximate surface area is 192 Å². The third-order valence-corrected chi connectivity index (χ3v) is 7.15. The van der Waals surface area contributed by atoms with Crippen molar-refractivity contribution in [3.8, 4) is 10.7 Å². The largest absolute Gasteiger partial charge is 0.465 e. The van der Waals surface area contributed by atoms with E-state index in [0.717, 1.165) is 15.1 Å². The van der Waals surface area contributed by atoms with Gasteiger partial charge in [-0.05, 0) is 52.4 Å². The lowest BCUT2D eigenvalue weighted by Gasteiger charge is -2.46. The molecule has 4 rings (SSSR count). The summed E-state index contributed by atoms with van der Waals surface area (Å²) in [5, 5.41) is 12.8. The SMILES string of the molecule is CC(C)(C)[C@H]1C(NC(=O)c2ccnc3nc(-c4ccc(Br)s4)[nH]c23)CCCN1C(=O)O. The lowest BCUT2D eigenvalue weighted by Crippen LogP contribution is -2.61. The van der Waals surface area contributed by atoms with E-state index in [0.29, 0.717) is 35.5 Å². The molecule has 3 aromatic rings. The van der Waals surface area contributed by atoms with Crippen molar-refractivity contribution in [2.24, 2.45) is 5.41 Å². The molecule has 3 N–H and O–H groups in total. The van der Waals surface area contributed by atoms with Gasteiger partial charge in [0, 0.05) is 12.7 Å². The number of halogens is 1. The highest BCUT2D eigenvalue weighted by Crippen LogP contribution is 2.33. The molecule has 2 amide bonds. The van der Waals surface area contributed by atoms with Crippen LogP contribution in [0.15, 0.2) is 28.2 Å². The fourth-order valence-corrected chi connectivity index (χ4v) is 5.67. The summed E-state index contributed by atoms with van der Waals surface area (Å²) in [6, 6.07) is 4.95. The van der Waals surface area contributed by atoms with Gasteiger partial charge in [0.2, 0.25) is 0 Å². The number of imidazole rings is 1. The minimum atomic E-state index is -0.953. The molecular formula is C21H24BrN5O3S. The maximum absolute atomic E-state index is 13.3. The van der Waals surface area contributed by atoms with Crippen molar-refractivity contribution in [1.82, 2.24) is 25.2 Å². The highest BCUT2D eigenvalue weighted by molar-refractivity contribution is 9.11. The number of amides is 2. The Bertz CT molecular complexity index is 1140. The lowest BCUT2D eigenvalue weighted by molar-refractivity contribution is 0.0359. The van der Waals surface area contributed by atoms with Crippen LogP contribution in [0.2, 0.25) is 0 Å². The van der Waals surface area contributed by atoms with Crippen molar-refractivity contribution in [3.05, 3.63) is 33.7 Å². The minimum absolute atomic E-state index is 0.263.